The number of carbonyl (C=O) groups is 1. The van der Waals surface area contributed by atoms with E-state index in [-0.39, 0.29) is 22.5 Å². The van der Waals surface area contributed by atoms with Gasteiger partial charge in [-0.1, -0.05) is 13.8 Å². The number of amides is 1. The largest absolute Gasteiger partial charge is 0.328 e. The molecule has 0 bridgehead atoms. The van der Waals surface area contributed by atoms with Gasteiger partial charge in [-0.25, -0.2) is 13.2 Å². The fourth-order valence-electron chi connectivity index (χ4n) is 4.55. The molecule has 0 radical (unpaired) electrons. The molecule has 10 heteroatoms. The summed E-state index contributed by atoms with van der Waals surface area (Å²) in [7, 11) is -3.61. The van der Waals surface area contributed by atoms with Crippen molar-refractivity contribution in [2.45, 2.75) is 38.6 Å². The predicted molar refractivity (Wildman–Crippen MR) is 131 cm³/mol. The molecule has 2 aromatic carbocycles. The minimum atomic E-state index is -3.61. The fourth-order valence-corrected chi connectivity index (χ4v) is 6.23. The number of hydrogen-bond donors (Lipinski definition) is 2. The first kappa shape index (κ1) is 23.9. The Hall–Kier alpha value is -3.24. The van der Waals surface area contributed by atoms with Gasteiger partial charge < -0.3 is 10.3 Å². The van der Waals surface area contributed by atoms with Crippen LogP contribution in [0.2, 0.25) is 0 Å². The normalized spacial score (nSPS) is 19.3. The minimum absolute atomic E-state index is 0.183. The molecule has 34 heavy (non-hydrogen) atoms. The van der Waals surface area contributed by atoms with Crippen LogP contribution in [-0.2, 0) is 16.6 Å². The van der Waals surface area contributed by atoms with Crippen LogP contribution in [0.3, 0.4) is 0 Å². The molecule has 0 unspecified atom stereocenters. The zero-order valence-electron chi connectivity index (χ0n) is 19.4. The van der Waals surface area contributed by atoms with Gasteiger partial charge >= 0.3 is 5.69 Å². The zero-order chi connectivity index (χ0) is 24.6. The first-order valence-corrected chi connectivity index (χ1v) is 12.7. The van der Waals surface area contributed by atoms with Crippen LogP contribution in [0.15, 0.2) is 56.9 Å². The SMILES string of the molecule is CCn1c(=O)[nH]c2cc(C(=O)Nc3ccc(S(=O)(=O)N4C[C@H](C)C[C@@H](C)C4)cc3)ccc2c1=O. The summed E-state index contributed by atoms with van der Waals surface area (Å²) < 4.78 is 28.7. The van der Waals surface area contributed by atoms with Crippen molar-refractivity contribution >= 4 is 32.5 Å². The van der Waals surface area contributed by atoms with E-state index in [0.717, 1.165) is 11.0 Å². The second kappa shape index (κ2) is 9.19. The van der Waals surface area contributed by atoms with Crippen LogP contribution in [0, 0.1) is 11.8 Å². The summed E-state index contributed by atoms with van der Waals surface area (Å²) in [4.78, 5) is 40.0. The number of fused-ring (bicyclic) bond motifs is 1. The van der Waals surface area contributed by atoms with Crippen LogP contribution in [0.25, 0.3) is 10.9 Å². The van der Waals surface area contributed by atoms with Gasteiger partial charge in [-0.15, -0.1) is 0 Å². The molecule has 1 aliphatic heterocycles. The molecule has 2 heterocycles. The monoisotopic (exact) mass is 484 g/mol. The molecule has 4 rings (SSSR count). The van der Waals surface area contributed by atoms with Crippen molar-refractivity contribution in [1.82, 2.24) is 13.9 Å². The van der Waals surface area contributed by atoms with E-state index in [1.807, 2.05) is 0 Å². The Kier molecular flexibility index (Phi) is 6.46. The smallest absolute Gasteiger partial charge is 0.322 e. The van der Waals surface area contributed by atoms with Crippen molar-refractivity contribution < 1.29 is 13.2 Å². The van der Waals surface area contributed by atoms with Crippen molar-refractivity contribution in [2.75, 3.05) is 18.4 Å². The zero-order valence-corrected chi connectivity index (χ0v) is 20.2. The van der Waals surface area contributed by atoms with Gasteiger partial charge in [-0.3, -0.25) is 14.2 Å². The number of H-pyrrole nitrogens is 1. The summed E-state index contributed by atoms with van der Waals surface area (Å²) in [6.45, 7) is 7.05. The Balaban J connectivity index is 1.53. The van der Waals surface area contributed by atoms with Gasteiger partial charge in [0.1, 0.15) is 0 Å². The average Bonchev–Trinajstić information content (AvgIpc) is 2.78. The number of aromatic nitrogens is 2. The highest BCUT2D eigenvalue weighted by Crippen LogP contribution is 2.27. The molecule has 180 valence electrons. The van der Waals surface area contributed by atoms with E-state index >= 15 is 0 Å². The van der Waals surface area contributed by atoms with Gasteiger partial charge in [-0.05, 0) is 67.6 Å². The van der Waals surface area contributed by atoms with E-state index in [2.05, 4.69) is 24.1 Å². The van der Waals surface area contributed by atoms with E-state index in [1.54, 1.807) is 19.1 Å². The molecule has 3 aromatic rings. The molecule has 1 fully saturated rings. The molecule has 2 N–H and O–H groups in total. The molecule has 0 spiro atoms. The lowest BCUT2D eigenvalue weighted by atomic mass is 9.94. The van der Waals surface area contributed by atoms with Gasteiger partial charge in [0, 0.05) is 30.9 Å². The highest BCUT2D eigenvalue weighted by molar-refractivity contribution is 7.89. The molecular weight excluding hydrogens is 456 g/mol. The fraction of sp³-hybridized carbons (Fsp3) is 0.375. The first-order valence-electron chi connectivity index (χ1n) is 11.3. The topological polar surface area (TPSA) is 121 Å². The second-order valence-corrected chi connectivity index (χ2v) is 10.9. The van der Waals surface area contributed by atoms with Crippen LogP contribution < -0.4 is 16.6 Å². The van der Waals surface area contributed by atoms with E-state index in [9.17, 15) is 22.8 Å². The van der Waals surface area contributed by atoms with Crippen LogP contribution in [0.5, 0.6) is 0 Å². The molecular formula is C24H28N4O5S. The number of rotatable bonds is 5. The molecule has 0 saturated carbocycles. The van der Waals surface area contributed by atoms with Crippen LogP contribution >= 0.6 is 0 Å². The molecule has 9 nitrogen and oxygen atoms in total. The highest BCUT2D eigenvalue weighted by Gasteiger charge is 2.31. The van der Waals surface area contributed by atoms with E-state index in [4.69, 9.17) is 0 Å². The van der Waals surface area contributed by atoms with Crippen molar-refractivity contribution in [2.24, 2.45) is 11.8 Å². The maximum absolute atomic E-state index is 13.0. The highest BCUT2D eigenvalue weighted by atomic mass is 32.2. The molecule has 2 atom stereocenters. The molecule has 1 aliphatic rings. The number of benzene rings is 2. The summed E-state index contributed by atoms with van der Waals surface area (Å²) in [5.41, 5.74) is 0.0113. The maximum Gasteiger partial charge on any atom is 0.328 e. The summed E-state index contributed by atoms with van der Waals surface area (Å²) in [6.07, 6.45) is 1.01. The first-order chi connectivity index (χ1) is 16.1. The second-order valence-electron chi connectivity index (χ2n) is 8.99. The number of hydrogen-bond acceptors (Lipinski definition) is 5. The van der Waals surface area contributed by atoms with E-state index in [1.165, 1.54) is 34.6 Å². The van der Waals surface area contributed by atoms with Crippen molar-refractivity contribution in [1.29, 1.82) is 0 Å². The molecule has 0 aliphatic carbocycles. The summed E-state index contributed by atoms with van der Waals surface area (Å²) in [5, 5.41) is 3.04. The van der Waals surface area contributed by atoms with Crippen molar-refractivity contribution in [3.05, 3.63) is 68.9 Å². The summed E-state index contributed by atoms with van der Waals surface area (Å²) in [6, 6.07) is 10.5. The number of nitrogens with one attached hydrogen (secondary N) is 2. The minimum Gasteiger partial charge on any atom is -0.322 e. The standard InChI is InChI=1S/C24H28N4O5S/c1-4-28-23(30)20-10-5-17(12-21(20)26-24(28)31)22(29)25-18-6-8-19(9-7-18)34(32,33)27-13-15(2)11-16(3)14-27/h5-10,12,15-16H,4,11,13-14H2,1-3H3,(H,25,29)(H,26,31)/t15-,16-/m1/s1. The van der Waals surface area contributed by atoms with Crippen LogP contribution in [0.1, 0.15) is 37.6 Å². The number of piperidine rings is 1. The van der Waals surface area contributed by atoms with E-state index in [0.29, 0.717) is 36.0 Å². The predicted octanol–water partition coefficient (Wildman–Crippen LogP) is 2.63. The lowest BCUT2D eigenvalue weighted by molar-refractivity contribution is 0.102. The van der Waals surface area contributed by atoms with Crippen LogP contribution in [-0.4, -0.2) is 41.3 Å². The van der Waals surface area contributed by atoms with Crippen molar-refractivity contribution in [3.8, 4) is 0 Å². The Morgan fingerprint density at radius 2 is 1.71 bits per heavy atom. The van der Waals surface area contributed by atoms with Gasteiger partial charge in [0.15, 0.2) is 0 Å². The third-order valence-electron chi connectivity index (χ3n) is 6.15. The number of sulfonamides is 1. The number of carbonyl (C=O) groups excluding carboxylic acids is 1. The average molecular weight is 485 g/mol. The van der Waals surface area contributed by atoms with Gasteiger partial charge in [0.25, 0.3) is 11.5 Å². The number of aromatic amines is 1. The van der Waals surface area contributed by atoms with Gasteiger partial charge in [0.2, 0.25) is 10.0 Å². The third-order valence-corrected chi connectivity index (χ3v) is 7.99. The quantitative estimate of drug-likeness (QED) is 0.577. The van der Waals surface area contributed by atoms with E-state index < -0.39 is 27.2 Å². The molecule has 1 amide bonds. The Labute approximate surface area is 197 Å². The summed E-state index contributed by atoms with van der Waals surface area (Å²) in [5.74, 6) is 0.161. The number of anilines is 1. The van der Waals surface area contributed by atoms with Crippen LogP contribution in [0.4, 0.5) is 5.69 Å². The molecule has 1 aromatic heterocycles. The Bertz CT molecular complexity index is 1450. The van der Waals surface area contributed by atoms with Crippen molar-refractivity contribution in [3.63, 3.8) is 0 Å². The Morgan fingerprint density at radius 1 is 1.06 bits per heavy atom. The van der Waals surface area contributed by atoms with Gasteiger partial charge in [-0.2, -0.15) is 4.31 Å². The lowest BCUT2D eigenvalue weighted by Gasteiger charge is -2.34. The van der Waals surface area contributed by atoms with Gasteiger partial charge in [0.05, 0.1) is 15.8 Å². The maximum atomic E-state index is 13.0. The molecule has 1 saturated heterocycles. The Morgan fingerprint density at radius 3 is 2.32 bits per heavy atom. The summed E-state index contributed by atoms with van der Waals surface area (Å²) >= 11 is 0. The third kappa shape index (κ3) is 4.55. The number of nitrogens with zero attached hydrogens (tertiary/aromatic N) is 2. The lowest BCUT2D eigenvalue weighted by Crippen LogP contribution is -2.42.